The highest BCUT2D eigenvalue weighted by Gasteiger charge is 2.39. The van der Waals surface area contributed by atoms with Crippen molar-refractivity contribution < 1.29 is 30.2 Å². The van der Waals surface area contributed by atoms with Crippen molar-refractivity contribution in [2.45, 2.75) is 11.1 Å². The van der Waals surface area contributed by atoms with Crippen LogP contribution in [0.4, 0.5) is 17.1 Å². The lowest BCUT2D eigenvalue weighted by Crippen LogP contribution is -2.12. The van der Waals surface area contributed by atoms with E-state index in [9.17, 15) is 25.5 Å². The van der Waals surface area contributed by atoms with Crippen molar-refractivity contribution >= 4 is 10.2 Å². The van der Waals surface area contributed by atoms with Crippen LogP contribution in [0.5, 0.6) is 5.75 Å². The Hall–Kier alpha value is -1.31. The van der Waals surface area contributed by atoms with E-state index in [0.717, 1.165) is 19.2 Å². The minimum atomic E-state index is -5.50. The first-order valence-electron chi connectivity index (χ1n) is 3.87. The monoisotopic (exact) mass is 258 g/mol. The molecule has 1 rings (SSSR count). The largest absolute Gasteiger partial charge is 0.495 e. The van der Waals surface area contributed by atoms with E-state index in [1.54, 1.807) is 0 Å². The summed E-state index contributed by atoms with van der Waals surface area (Å²) in [5.41, 5.74) is -1.59. The van der Waals surface area contributed by atoms with Gasteiger partial charge in [-0.05, 0) is 12.1 Å². The number of benzene rings is 1. The van der Waals surface area contributed by atoms with Gasteiger partial charge < -0.3 is 4.74 Å². The fourth-order valence-electron chi connectivity index (χ4n) is 1.15. The van der Waals surface area contributed by atoms with Gasteiger partial charge in [0.2, 0.25) is 0 Å². The van der Waals surface area contributed by atoms with Crippen LogP contribution in [-0.2, 0) is 16.4 Å². The fraction of sp³-hybridized carbons (Fsp3) is 0.250. The van der Waals surface area contributed by atoms with Crippen LogP contribution in [0.25, 0.3) is 0 Å². The Balaban J connectivity index is 3.65. The lowest BCUT2D eigenvalue weighted by atomic mass is 10.2. The summed E-state index contributed by atoms with van der Waals surface area (Å²) in [4.78, 5) is -1.50. The van der Waals surface area contributed by atoms with Gasteiger partial charge in [-0.3, -0.25) is 0 Å². The molecule has 0 radical (unpaired) electrons. The maximum atomic E-state index is 12.8. The average Bonchev–Trinajstić information content (AvgIpc) is 2.13. The number of hydrogen-bond acceptors (Lipinski definition) is 3. The molecule has 3 nitrogen and oxygen atoms in total. The molecule has 0 saturated carbocycles. The summed E-state index contributed by atoms with van der Waals surface area (Å²) in [6, 6.07) is 2.33. The molecule has 1 aromatic rings. The molecule has 1 aromatic carbocycles. The predicted molar refractivity (Wildman–Crippen MR) is 46.3 cm³/mol. The predicted octanol–water partition coefficient (Wildman–Crippen LogP) is 2.37. The summed E-state index contributed by atoms with van der Waals surface area (Å²) < 4.78 is 75.6. The third-order valence-electron chi connectivity index (χ3n) is 1.75. The van der Waals surface area contributed by atoms with Crippen LogP contribution in [0.3, 0.4) is 0 Å². The van der Waals surface area contributed by atoms with Gasteiger partial charge >= 0.3 is 16.4 Å². The van der Waals surface area contributed by atoms with E-state index in [-0.39, 0.29) is 0 Å². The second kappa shape index (κ2) is 3.93. The van der Waals surface area contributed by atoms with Crippen LogP contribution in [0.1, 0.15) is 5.56 Å². The number of halogens is 4. The van der Waals surface area contributed by atoms with Gasteiger partial charge in [-0.1, -0.05) is 6.07 Å². The molecule has 8 heteroatoms. The van der Waals surface area contributed by atoms with Gasteiger partial charge in [0.05, 0.1) is 12.7 Å². The Labute approximate surface area is 88.9 Å². The molecule has 0 aliphatic heterocycles. The molecule has 0 bridgehead atoms. The summed E-state index contributed by atoms with van der Waals surface area (Å²) in [5.74, 6) is -0.683. The first-order valence-corrected chi connectivity index (χ1v) is 5.25. The van der Waals surface area contributed by atoms with Crippen molar-refractivity contribution in [2.75, 3.05) is 7.11 Å². The fourth-order valence-corrected chi connectivity index (χ4v) is 1.99. The molecule has 0 spiro atoms. The quantitative estimate of drug-likeness (QED) is 0.604. The second-order valence-corrected chi connectivity index (χ2v) is 4.06. The molecule has 0 N–H and O–H groups in total. The van der Waals surface area contributed by atoms with E-state index in [4.69, 9.17) is 0 Å². The number of methoxy groups -OCH3 is 1. The molecule has 0 atom stereocenters. The minimum Gasteiger partial charge on any atom is -0.495 e. The lowest BCUT2D eigenvalue weighted by molar-refractivity contribution is -0.140. The third-order valence-corrected chi connectivity index (χ3v) is 2.66. The third kappa shape index (κ3) is 2.43. The Bertz CT molecular complexity index is 492. The first kappa shape index (κ1) is 12.8. The molecule has 0 fully saturated rings. The lowest BCUT2D eigenvalue weighted by Gasteiger charge is -2.12. The highest BCUT2D eigenvalue weighted by Crippen LogP contribution is 2.39. The zero-order chi connectivity index (χ0) is 12.6. The summed E-state index contributed by atoms with van der Waals surface area (Å²) in [6.45, 7) is 0. The highest BCUT2D eigenvalue weighted by molar-refractivity contribution is 7.86. The van der Waals surface area contributed by atoms with Gasteiger partial charge in [-0.2, -0.15) is 21.6 Å². The number of ether oxygens (including phenoxy) is 1. The van der Waals surface area contributed by atoms with Gasteiger partial charge in [0.25, 0.3) is 0 Å². The molecule has 0 unspecified atom stereocenters. The SMILES string of the molecule is COc1cccc(C(F)(F)F)c1S(=O)(=O)F. The highest BCUT2D eigenvalue weighted by atomic mass is 32.3. The van der Waals surface area contributed by atoms with Crippen LogP contribution in [0.2, 0.25) is 0 Å². The summed E-state index contributed by atoms with van der Waals surface area (Å²) in [6.07, 6.45) is -4.97. The van der Waals surface area contributed by atoms with E-state index in [0.29, 0.717) is 6.07 Å². The maximum Gasteiger partial charge on any atom is 0.417 e. The molecule has 0 amide bonds. The van der Waals surface area contributed by atoms with E-state index in [1.165, 1.54) is 0 Å². The molecule has 0 saturated heterocycles. The van der Waals surface area contributed by atoms with Crippen LogP contribution in [0.15, 0.2) is 23.1 Å². The summed E-state index contributed by atoms with van der Waals surface area (Å²) in [5, 5.41) is 0. The molecule has 0 aromatic heterocycles. The Morgan fingerprint density at radius 2 is 1.81 bits per heavy atom. The molecule has 0 aliphatic carbocycles. The van der Waals surface area contributed by atoms with E-state index >= 15 is 0 Å². The normalized spacial score (nSPS) is 12.6. The zero-order valence-electron chi connectivity index (χ0n) is 7.88. The van der Waals surface area contributed by atoms with E-state index < -0.39 is 32.6 Å². The topological polar surface area (TPSA) is 43.4 Å². The van der Waals surface area contributed by atoms with Crippen LogP contribution < -0.4 is 4.74 Å². The van der Waals surface area contributed by atoms with Gasteiger partial charge in [0.15, 0.2) is 4.90 Å². The summed E-state index contributed by atoms with van der Waals surface area (Å²) >= 11 is 0. The van der Waals surface area contributed by atoms with Crippen molar-refractivity contribution in [3.8, 4) is 5.75 Å². The average molecular weight is 258 g/mol. The van der Waals surface area contributed by atoms with Gasteiger partial charge in [-0.15, -0.1) is 3.89 Å². The zero-order valence-corrected chi connectivity index (χ0v) is 8.69. The molecular weight excluding hydrogens is 252 g/mol. The number of alkyl halides is 3. The first-order chi connectivity index (χ1) is 7.18. The molecule has 0 aliphatic rings. The van der Waals surface area contributed by atoms with Crippen molar-refractivity contribution in [3.63, 3.8) is 0 Å². The van der Waals surface area contributed by atoms with Crippen LogP contribution >= 0.6 is 0 Å². The van der Waals surface area contributed by atoms with Gasteiger partial charge in [-0.25, -0.2) is 0 Å². The number of rotatable bonds is 2. The van der Waals surface area contributed by atoms with Gasteiger partial charge in [0.1, 0.15) is 5.75 Å². The van der Waals surface area contributed by atoms with Crippen molar-refractivity contribution in [1.29, 1.82) is 0 Å². The Kier molecular flexibility index (Phi) is 3.13. The Morgan fingerprint density at radius 3 is 2.19 bits per heavy atom. The molecular formula is C8H6F4O3S. The Morgan fingerprint density at radius 1 is 1.25 bits per heavy atom. The molecule has 16 heavy (non-hydrogen) atoms. The van der Waals surface area contributed by atoms with Crippen molar-refractivity contribution in [3.05, 3.63) is 23.8 Å². The van der Waals surface area contributed by atoms with E-state index in [2.05, 4.69) is 4.74 Å². The van der Waals surface area contributed by atoms with Crippen LogP contribution in [0, 0.1) is 0 Å². The summed E-state index contributed by atoms with van der Waals surface area (Å²) in [7, 11) is -4.56. The maximum absolute atomic E-state index is 12.8. The van der Waals surface area contributed by atoms with Crippen LogP contribution in [-0.4, -0.2) is 15.5 Å². The minimum absolute atomic E-state index is 0.467. The number of hydrogen-bond donors (Lipinski definition) is 0. The van der Waals surface area contributed by atoms with Crippen molar-refractivity contribution in [2.24, 2.45) is 0 Å². The van der Waals surface area contributed by atoms with Crippen molar-refractivity contribution in [1.82, 2.24) is 0 Å². The van der Waals surface area contributed by atoms with Gasteiger partial charge in [0, 0.05) is 0 Å². The molecule has 90 valence electrons. The smallest absolute Gasteiger partial charge is 0.417 e. The molecule has 0 heterocycles. The second-order valence-electron chi connectivity index (χ2n) is 2.77. The standard InChI is InChI=1S/C8H6F4O3S/c1-15-6-4-2-3-5(8(9,10)11)7(6)16(12,13)14/h2-4H,1H3. The van der Waals surface area contributed by atoms with E-state index in [1.807, 2.05) is 0 Å².